The van der Waals surface area contributed by atoms with Crippen LogP contribution in [0, 0.1) is 0 Å². The van der Waals surface area contributed by atoms with Gasteiger partial charge in [0.25, 0.3) is 0 Å². The average Bonchev–Trinajstić information content (AvgIpc) is 2.45. The van der Waals surface area contributed by atoms with E-state index >= 15 is 0 Å². The zero-order valence-corrected chi connectivity index (χ0v) is 10.7. The molecule has 0 unspecified atom stereocenters. The van der Waals surface area contributed by atoms with Gasteiger partial charge in [-0.1, -0.05) is 11.3 Å². The van der Waals surface area contributed by atoms with E-state index in [-0.39, 0.29) is 11.4 Å². The lowest BCUT2D eigenvalue weighted by Gasteiger charge is -2.20. The predicted molar refractivity (Wildman–Crippen MR) is 65.1 cm³/mol. The molecule has 0 aliphatic heterocycles. The number of carbonyl (C=O) groups is 1. The van der Waals surface area contributed by atoms with Crippen LogP contribution < -0.4 is 11.1 Å². The summed E-state index contributed by atoms with van der Waals surface area (Å²) < 4.78 is 0.969. The second-order valence-corrected chi connectivity index (χ2v) is 6.44. The standard InChI is InChI=1S/C9H15N3OS2/c1-9(2,3)12-6(13)5-14-7-4-11-8(10)15-7/h4H,5H2,1-3H3,(H2,10,11)(H,12,13). The molecule has 1 aromatic rings. The van der Waals surface area contributed by atoms with Gasteiger partial charge in [-0.2, -0.15) is 0 Å². The van der Waals surface area contributed by atoms with E-state index in [4.69, 9.17) is 5.73 Å². The smallest absolute Gasteiger partial charge is 0.230 e. The second kappa shape index (κ2) is 4.85. The number of thiazole rings is 1. The number of nitrogen functional groups attached to an aromatic ring is 1. The molecule has 0 saturated carbocycles. The molecular weight excluding hydrogens is 230 g/mol. The summed E-state index contributed by atoms with van der Waals surface area (Å²) in [6, 6.07) is 0. The van der Waals surface area contributed by atoms with Gasteiger partial charge in [0, 0.05) is 5.54 Å². The number of amides is 1. The third kappa shape index (κ3) is 5.03. The maximum absolute atomic E-state index is 11.5. The molecule has 4 nitrogen and oxygen atoms in total. The van der Waals surface area contributed by atoms with Gasteiger partial charge in [0.2, 0.25) is 5.91 Å². The lowest BCUT2D eigenvalue weighted by Crippen LogP contribution is -2.41. The highest BCUT2D eigenvalue weighted by atomic mass is 32.2. The van der Waals surface area contributed by atoms with Crippen LogP contribution in [0.2, 0.25) is 0 Å². The van der Waals surface area contributed by atoms with Crippen LogP contribution in [0.25, 0.3) is 0 Å². The molecule has 6 heteroatoms. The third-order valence-electron chi connectivity index (χ3n) is 1.36. The van der Waals surface area contributed by atoms with Gasteiger partial charge in [-0.25, -0.2) is 4.98 Å². The van der Waals surface area contributed by atoms with Crippen LogP contribution in [-0.2, 0) is 4.79 Å². The number of nitrogens with one attached hydrogen (secondary N) is 1. The molecule has 3 N–H and O–H groups in total. The van der Waals surface area contributed by atoms with Crippen molar-refractivity contribution in [2.24, 2.45) is 0 Å². The number of hydrogen-bond acceptors (Lipinski definition) is 5. The van der Waals surface area contributed by atoms with Crippen LogP contribution in [0.15, 0.2) is 10.4 Å². The fourth-order valence-corrected chi connectivity index (χ4v) is 2.49. The van der Waals surface area contributed by atoms with E-state index in [1.165, 1.54) is 23.1 Å². The summed E-state index contributed by atoms with van der Waals surface area (Å²) in [6.45, 7) is 5.88. The minimum Gasteiger partial charge on any atom is -0.375 e. The summed E-state index contributed by atoms with van der Waals surface area (Å²) in [5, 5.41) is 3.43. The van der Waals surface area contributed by atoms with E-state index < -0.39 is 0 Å². The van der Waals surface area contributed by atoms with Crippen LogP contribution in [0.3, 0.4) is 0 Å². The first kappa shape index (κ1) is 12.3. The van der Waals surface area contributed by atoms with Crippen LogP contribution in [0.5, 0.6) is 0 Å². The van der Waals surface area contributed by atoms with E-state index in [1.54, 1.807) is 6.20 Å². The normalized spacial score (nSPS) is 11.4. The summed E-state index contributed by atoms with van der Waals surface area (Å²) in [6.07, 6.45) is 1.69. The summed E-state index contributed by atoms with van der Waals surface area (Å²) >= 11 is 2.85. The monoisotopic (exact) mass is 245 g/mol. The molecule has 1 aromatic heterocycles. The molecule has 0 bridgehead atoms. The first-order valence-corrected chi connectivity index (χ1v) is 6.32. The Labute approximate surface area is 97.7 Å². The average molecular weight is 245 g/mol. The van der Waals surface area contributed by atoms with E-state index in [0.29, 0.717) is 10.9 Å². The second-order valence-electron chi connectivity index (χ2n) is 4.10. The molecule has 0 saturated heterocycles. The van der Waals surface area contributed by atoms with Crippen molar-refractivity contribution in [1.82, 2.24) is 10.3 Å². The Kier molecular flexibility index (Phi) is 3.98. The highest BCUT2D eigenvalue weighted by Crippen LogP contribution is 2.26. The van der Waals surface area contributed by atoms with Crippen molar-refractivity contribution < 1.29 is 4.79 Å². The Hall–Kier alpha value is -0.750. The Morgan fingerprint density at radius 3 is 2.80 bits per heavy atom. The summed E-state index contributed by atoms with van der Waals surface area (Å²) in [7, 11) is 0. The van der Waals surface area contributed by atoms with Gasteiger partial charge in [-0.05, 0) is 20.8 Å². The summed E-state index contributed by atoms with van der Waals surface area (Å²) in [4.78, 5) is 15.4. The van der Waals surface area contributed by atoms with Crippen molar-refractivity contribution in [3.05, 3.63) is 6.20 Å². The molecule has 15 heavy (non-hydrogen) atoms. The van der Waals surface area contributed by atoms with Gasteiger partial charge >= 0.3 is 0 Å². The molecule has 1 heterocycles. The molecular formula is C9H15N3OS2. The van der Waals surface area contributed by atoms with Gasteiger partial charge in [0.05, 0.1) is 16.2 Å². The van der Waals surface area contributed by atoms with Gasteiger partial charge in [0.1, 0.15) is 0 Å². The van der Waals surface area contributed by atoms with Crippen molar-refractivity contribution >= 4 is 34.1 Å². The first-order chi connectivity index (χ1) is 6.87. The van der Waals surface area contributed by atoms with Gasteiger partial charge in [-0.15, -0.1) is 11.8 Å². The molecule has 0 spiro atoms. The SMILES string of the molecule is CC(C)(C)NC(=O)CSc1cnc(N)s1. The highest BCUT2D eigenvalue weighted by molar-refractivity contribution is 8.01. The Balaban J connectivity index is 2.35. The van der Waals surface area contributed by atoms with E-state index in [1.807, 2.05) is 20.8 Å². The predicted octanol–water partition coefficient (Wildman–Crippen LogP) is 1.73. The number of nitrogens with zero attached hydrogens (tertiary/aromatic N) is 1. The number of aromatic nitrogens is 1. The van der Waals surface area contributed by atoms with Gasteiger partial charge in [0.15, 0.2) is 5.13 Å². The number of hydrogen-bond donors (Lipinski definition) is 2. The number of nitrogens with two attached hydrogens (primary N) is 1. The molecule has 0 aliphatic rings. The fourth-order valence-electron chi connectivity index (χ4n) is 0.930. The van der Waals surface area contributed by atoms with E-state index in [2.05, 4.69) is 10.3 Å². The highest BCUT2D eigenvalue weighted by Gasteiger charge is 2.13. The quantitative estimate of drug-likeness (QED) is 0.796. The van der Waals surface area contributed by atoms with E-state index in [9.17, 15) is 4.79 Å². The van der Waals surface area contributed by atoms with Crippen molar-refractivity contribution in [2.45, 2.75) is 30.5 Å². The molecule has 0 aliphatic carbocycles. The molecule has 84 valence electrons. The summed E-state index contributed by atoms with van der Waals surface area (Å²) in [5.74, 6) is 0.429. The van der Waals surface area contributed by atoms with Crippen LogP contribution >= 0.6 is 23.1 Å². The maximum atomic E-state index is 11.5. The number of carbonyl (C=O) groups excluding carboxylic acids is 1. The van der Waals surface area contributed by atoms with Crippen molar-refractivity contribution in [3.63, 3.8) is 0 Å². The molecule has 1 rings (SSSR count). The lowest BCUT2D eigenvalue weighted by atomic mass is 10.1. The van der Waals surface area contributed by atoms with E-state index in [0.717, 1.165) is 4.21 Å². The Morgan fingerprint density at radius 2 is 2.33 bits per heavy atom. The minimum absolute atomic E-state index is 0.0273. The lowest BCUT2D eigenvalue weighted by molar-refractivity contribution is -0.119. The molecule has 0 fully saturated rings. The first-order valence-electron chi connectivity index (χ1n) is 4.52. The van der Waals surface area contributed by atoms with Crippen molar-refractivity contribution in [2.75, 3.05) is 11.5 Å². The van der Waals surface area contributed by atoms with Gasteiger partial charge in [-0.3, -0.25) is 4.79 Å². The zero-order valence-electron chi connectivity index (χ0n) is 9.03. The Bertz CT molecular complexity index is 343. The Morgan fingerprint density at radius 1 is 1.67 bits per heavy atom. The number of rotatable bonds is 3. The zero-order chi connectivity index (χ0) is 11.5. The minimum atomic E-state index is -0.176. The number of thioether (sulfide) groups is 1. The third-order valence-corrected chi connectivity index (χ3v) is 3.38. The van der Waals surface area contributed by atoms with Crippen LogP contribution in [0.1, 0.15) is 20.8 Å². The molecule has 1 amide bonds. The number of anilines is 1. The van der Waals surface area contributed by atoms with Crippen LogP contribution in [0.4, 0.5) is 5.13 Å². The van der Waals surface area contributed by atoms with Gasteiger partial charge < -0.3 is 11.1 Å². The molecule has 0 aromatic carbocycles. The topological polar surface area (TPSA) is 68.0 Å². The van der Waals surface area contributed by atoms with Crippen LogP contribution in [-0.4, -0.2) is 22.2 Å². The maximum Gasteiger partial charge on any atom is 0.230 e. The van der Waals surface area contributed by atoms with Crippen molar-refractivity contribution in [1.29, 1.82) is 0 Å². The molecule has 0 radical (unpaired) electrons. The molecule has 0 atom stereocenters. The fraction of sp³-hybridized carbons (Fsp3) is 0.556. The largest absolute Gasteiger partial charge is 0.375 e. The van der Waals surface area contributed by atoms with Crippen molar-refractivity contribution in [3.8, 4) is 0 Å². The summed E-state index contributed by atoms with van der Waals surface area (Å²) in [5.41, 5.74) is 5.30.